The molecule has 0 bridgehead atoms. The van der Waals surface area contributed by atoms with E-state index in [-0.39, 0.29) is 17.2 Å². The molecule has 6 nitrogen and oxygen atoms in total. The second-order valence-electron chi connectivity index (χ2n) is 6.88. The predicted octanol–water partition coefficient (Wildman–Crippen LogP) is 2.64. The fourth-order valence-corrected chi connectivity index (χ4v) is 3.96. The van der Waals surface area contributed by atoms with Crippen molar-refractivity contribution in [1.82, 2.24) is 9.88 Å². The average molecular weight is 339 g/mol. The zero-order valence-electron chi connectivity index (χ0n) is 14.3. The van der Waals surface area contributed by atoms with Crippen LogP contribution in [0.15, 0.2) is 41.3 Å². The molecule has 2 fully saturated rings. The lowest BCUT2D eigenvalue weighted by Gasteiger charge is -2.37. The van der Waals surface area contributed by atoms with E-state index in [1.165, 1.54) is 0 Å². The first-order valence-corrected chi connectivity index (χ1v) is 8.66. The van der Waals surface area contributed by atoms with Crippen LogP contribution in [0.4, 0.5) is 5.69 Å². The van der Waals surface area contributed by atoms with Gasteiger partial charge < -0.3 is 14.2 Å². The number of hydrogen-bond acceptors (Lipinski definition) is 4. The fraction of sp³-hybridized carbons (Fsp3) is 0.421. The maximum atomic E-state index is 13.0. The normalized spacial score (nSPS) is 19.6. The van der Waals surface area contributed by atoms with Gasteiger partial charge in [0.2, 0.25) is 5.91 Å². The number of rotatable bonds is 2. The van der Waals surface area contributed by atoms with E-state index in [1.807, 2.05) is 21.9 Å². The summed E-state index contributed by atoms with van der Waals surface area (Å²) in [6.07, 6.45) is 7.25. The van der Waals surface area contributed by atoms with Crippen LogP contribution in [0.5, 0.6) is 0 Å². The zero-order chi connectivity index (χ0) is 17.4. The lowest BCUT2D eigenvalue weighted by Crippen LogP contribution is -2.46. The molecule has 2 aliphatic rings. The van der Waals surface area contributed by atoms with E-state index in [1.54, 1.807) is 31.6 Å². The molecule has 0 unspecified atom stereocenters. The summed E-state index contributed by atoms with van der Waals surface area (Å²) in [5.41, 5.74) is 1.14. The van der Waals surface area contributed by atoms with Crippen LogP contribution in [0, 0.1) is 12.3 Å². The first-order chi connectivity index (χ1) is 12.1. The van der Waals surface area contributed by atoms with Crippen LogP contribution in [-0.4, -0.2) is 41.3 Å². The summed E-state index contributed by atoms with van der Waals surface area (Å²) < 4.78 is 5.24. The molecule has 2 aromatic heterocycles. The van der Waals surface area contributed by atoms with Gasteiger partial charge in [-0.05, 0) is 44.4 Å². The minimum atomic E-state index is -0.335. The van der Waals surface area contributed by atoms with E-state index in [0.717, 1.165) is 18.7 Å². The number of furan rings is 1. The van der Waals surface area contributed by atoms with Crippen LogP contribution in [0.25, 0.3) is 0 Å². The highest BCUT2D eigenvalue weighted by molar-refractivity contribution is 6.00. The van der Waals surface area contributed by atoms with Crippen LogP contribution < -0.4 is 4.90 Å². The molecular weight excluding hydrogens is 318 g/mol. The van der Waals surface area contributed by atoms with Gasteiger partial charge in [-0.1, -0.05) is 0 Å². The fourth-order valence-electron chi connectivity index (χ4n) is 3.96. The highest BCUT2D eigenvalue weighted by atomic mass is 16.3. The first-order valence-electron chi connectivity index (χ1n) is 8.66. The molecule has 0 aromatic carbocycles. The van der Waals surface area contributed by atoms with Gasteiger partial charge in [-0.2, -0.15) is 0 Å². The standard InChI is InChI=1S/C19H21N3O3/c1-14-16(4-12-25-14)17(23)21-9-5-19(6-10-21)7-11-22(18(19)24)15-3-2-8-20-13-15/h2-4,8,12-13H,5-7,9-11H2,1H3. The van der Waals surface area contributed by atoms with Crippen molar-refractivity contribution in [3.63, 3.8) is 0 Å². The molecule has 4 rings (SSSR count). The largest absolute Gasteiger partial charge is 0.469 e. The van der Waals surface area contributed by atoms with E-state index in [9.17, 15) is 9.59 Å². The summed E-state index contributed by atoms with van der Waals surface area (Å²) in [4.78, 5) is 33.4. The molecule has 0 aliphatic carbocycles. The van der Waals surface area contributed by atoms with Crippen LogP contribution >= 0.6 is 0 Å². The Morgan fingerprint density at radius 2 is 1.96 bits per heavy atom. The summed E-state index contributed by atoms with van der Waals surface area (Å²) in [5.74, 6) is 0.813. The molecule has 2 amide bonds. The van der Waals surface area contributed by atoms with Crippen molar-refractivity contribution < 1.29 is 14.0 Å². The summed E-state index contributed by atoms with van der Waals surface area (Å²) in [6.45, 7) is 3.73. The molecule has 130 valence electrons. The molecule has 2 saturated heterocycles. The van der Waals surface area contributed by atoms with E-state index in [2.05, 4.69) is 4.98 Å². The molecule has 1 spiro atoms. The molecule has 0 radical (unpaired) electrons. The lowest BCUT2D eigenvalue weighted by molar-refractivity contribution is -0.127. The van der Waals surface area contributed by atoms with E-state index >= 15 is 0 Å². The second-order valence-corrected chi connectivity index (χ2v) is 6.88. The van der Waals surface area contributed by atoms with Crippen molar-refractivity contribution in [1.29, 1.82) is 0 Å². The predicted molar refractivity (Wildman–Crippen MR) is 92.2 cm³/mol. The maximum Gasteiger partial charge on any atom is 0.257 e. The Hall–Kier alpha value is -2.63. The van der Waals surface area contributed by atoms with Gasteiger partial charge in [0.25, 0.3) is 5.91 Å². The summed E-state index contributed by atoms with van der Waals surface area (Å²) in [5, 5.41) is 0. The quantitative estimate of drug-likeness (QED) is 0.844. The Labute approximate surface area is 146 Å². The third kappa shape index (κ3) is 2.62. The summed E-state index contributed by atoms with van der Waals surface area (Å²) in [6, 6.07) is 5.49. The summed E-state index contributed by atoms with van der Waals surface area (Å²) in [7, 11) is 0. The first kappa shape index (κ1) is 15.9. The number of hydrogen-bond donors (Lipinski definition) is 0. The zero-order valence-corrected chi connectivity index (χ0v) is 14.3. The van der Waals surface area contributed by atoms with Crippen molar-refractivity contribution in [3.05, 3.63) is 48.2 Å². The van der Waals surface area contributed by atoms with Gasteiger partial charge >= 0.3 is 0 Å². The Morgan fingerprint density at radius 3 is 2.60 bits per heavy atom. The number of anilines is 1. The minimum Gasteiger partial charge on any atom is -0.469 e. The molecule has 6 heteroatoms. The molecule has 2 aromatic rings. The Kier molecular flexibility index (Phi) is 3.82. The Bertz CT molecular complexity index is 791. The number of carbonyl (C=O) groups is 2. The number of aryl methyl sites for hydroxylation is 1. The van der Waals surface area contributed by atoms with Crippen LogP contribution in [0.3, 0.4) is 0 Å². The number of amides is 2. The van der Waals surface area contributed by atoms with Crippen molar-refractivity contribution in [3.8, 4) is 0 Å². The second kappa shape index (κ2) is 6.02. The van der Waals surface area contributed by atoms with Gasteiger partial charge in [-0.25, -0.2) is 0 Å². The van der Waals surface area contributed by atoms with Crippen LogP contribution in [-0.2, 0) is 4.79 Å². The van der Waals surface area contributed by atoms with Crippen molar-refractivity contribution in [2.75, 3.05) is 24.5 Å². The molecule has 25 heavy (non-hydrogen) atoms. The van der Waals surface area contributed by atoms with E-state index in [4.69, 9.17) is 4.42 Å². The number of nitrogens with zero attached hydrogens (tertiary/aromatic N) is 3. The number of likely N-dealkylation sites (tertiary alicyclic amines) is 1. The lowest BCUT2D eigenvalue weighted by atomic mass is 9.77. The summed E-state index contributed by atoms with van der Waals surface area (Å²) >= 11 is 0. The van der Waals surface area contributed by atoms with Crippen LogP contribution in [0.1, 0.15) is 35.4 Å². The number of piperidine rings is 1. The van der Waals surface area contributed by atoms with E-state index < -0.39 is 0 Å². The molecular formula is C19H21N3O3. The number of pyridine rings is 1. The number of aromatic nitrogens is 1. The van der Waals surface area contributed by atoms with E-state index in [0.29, 0.717) is 37.3 Å². The highest BCUT2D eigenvalue weighted by Crippen LogP contribution is 2.43. The van der Waals surface area contributed by atoms with Crippen molar-refractivity contribution >= 4 is 17.5 Å². The minimum absolute atomic E-state index is 0.00402. The van der Waals surface area contributed by atoms with Gasteiger partial charge in [0.05, 0.1) is 29.1 Å². The number of carbonyl (C=O) groups excluding carboxylic acids is 2. The Balaban J connectivity index is 1.46. The van der Waals surface area contributed by atoms with Gasteiger partial charge in [0.15, 0.2) is 0 Å². The SMILES string of the molecule is Cc1occc1C(=O)N1CCC2(CC1)CCN(c1cccnc1)C2=O. The third-order valence-electron chi connectivity index (χ3n) is 5.57. The molecule has 4 heterocycles. The van der Waals surface area contributed by atoms with Crippen molar-refractivity contribution in [2.24, 2.45) is 5.41 Å². The van der Waals surface area contributed by atoms with Crippen molar-refractivity contribution in [2.45, 2.75) is 26.2 Å². The van der Waals surface area contributed by atoms with Gasteiger partial charge in [-0.3, -0.25) is 14.6 Å². The Morgan fingerprint density at radius 1 is 1.20 bits per heavy atom. The highest BCUT2D eigenvalue weighted by Gasteiger charge is 2.49. The molecule has 0 saturated carbocycles. The van der Waals surface area contributed by atoms with Gasteiger partial charge in [0, 0.05) is 25.8 Å². The maximum absolute atomic E-state index is 13.0. The smallest absolute Gasteiger partial charge is 0.257 e. The third-order valence-corrected chi connectivity index (χ3v) is 5.57. The molecule has 0 atom stereocenters. The van der Waals surface area contributed by atoms with Crippen LogP contribution in [0.2, 0.25) is 0 Å². The van der Waals surface area contributed by atoms with Gasteiger partial charge in [-0.15, -0.1) is 0 Å². The molecule has 0 N–H and O–H groups in total. The van der Waals surface area contributed by atoms with Gasteiger partial charge in [0.1, 0.15) is 5.76 Å². The average Bonchev–Trinajstić information content (AvgIpc) is 3.20. The topological polar surface area (TPSA) is 66.7 Å². The molecule has 2 aliphatic heterocycles. The monoisotopic (exact) mass is 339 g/mol.